The number of hydrogen-bond donors (Lipinski definition) is 2. The van der Waals surface area contributed by atoms with Gasteiger partial charge in [-0.05, 0) is 25.8 Å². The zero-order chi connectivity index (χ0) is 12.5. The molecule has 1 amide bonds. The first-order valence-corrected chi connectivity index (χ1v) is 6.07. The van der Waals surface area contributed by atoms with Crippen LogP contribution in [-0.2, 0) is 0 Å². The number of likely N-dealkylation sites (tertiary alicyclic amines) is 1. The number of nitrogens with zero attached hydrogens (tertiary/aromatic N) is 3. The fourth-order valence-electron chi connectivity index (χ4n) is 2.51. The van der Waals surface area contributed by atoms with Crippen LogP contribution in [0.25, 0.3) is 0 Å². The summed E-state index contributed by atoms with van der Waals surface area (Å²) in [6, 6.07) is 2.03. The van der Waals surface area contributed by atoms with Crippen LogP contribution in [0.5, 0.6) is 0 Å². The Balaban J connectivity index is 1.88. The molecule has 0 bridgehead atoms. The summed E-state index contributed by atoms with van der Waals surface area (Å²) in [5.74, 6) is 0.0401. The Morgan fingerprint density at radius 2 is 2.33 bits per heavy atom. The van der Waals surface area contributed by atoms with Gasteiger partial charge in [0.15, 0.2) is 0 Å². The van der Waals surface area contributed by atoms with Crippen LogP contribution in [0.1, 0.15) is 40.6 Å². The predicted octanol–water partition coefficient (Wildman–Crippen LogP) is 1.42. The highest BCUT2D eigenvalue weighted by molar-refractivity contribution is 5.95. The molecule has 6 nitrogen and oxygen atoms in total. The summed E-state index contributed by atoms with van der Waals surface area (Å²) < 4.78 is 0. The van der Waals surface area contributed by atoms with Gasteiger partial charge in [0.1, 0.15) is 0 Å². The topological polar surface area (TPSA) is 77.7 Å². The summed E-state index contributed by atoms with van der Waals surface area (Å²) in [4.78, 5) is 14.4. The maximum absolute atomic E-state index is 12.5. The van der Waals surface area contributed by atoms with E-state index in [2.05, 4.69) is 20.4 Å². The number of carbonyl (C=O) groups is 1. The lowest BCUT2D eigenvalue weighted by molar-refractivity contribution is 0.0732. The molecule has 1 aliphatic heterocycles. The van der Waals surface area contributed by atoms with E-state index in [1.165, 1.54) is 0 Å². The minimum Gasteiger partial charge on any atom is -0.330 e. The lowest BCUT2D eigenvalue weighted by atomic mass is 10.1. The van der Waals surface area contributed by atoms with E-state index in [4.69, 9.17) is 0 Å². The second-order valence-corrected chi connectivity index (χ2v) is 4.58. The zero-order valence-electron chi connectivity index (χ0n) is 10.2. The van der Waals surface area contributed by atoms with Gasteiger partial charge >= 0.3 is 0 Å². The third-order valence-electron chi connectivity index (χ3n) is 3.46. The van der Waals surface area contributed by atoms with Crippen LogP contribution in [0.15, 0.2) is 18.5 Å². The fraction of sp³-hybridized carbons (Fsp3) is 0.417. The molecule has 1 atom stereocenters. The van der Waals surface area contributed by atoms with Crippen molar-refractivity contribution in [3.05, 3.63) is 35.4 Å². The molecule has 0 saturated carbocycles. The van der Waals surface area contributed by atoms with E-state index in [9.17, 15) is 4.79 Å². The van der Waals surface area contributed by atoms with E-state index in [0.29, 0.717) is 5.56 Å². The van der Waals surface area contributed by atoms with E-state index in [1.807, 2.05) is 17.9 Å². The molecule has 1 aliphatic rings. The maximum atomic E-state index is 12.5. The van der Waals surface area contributed by atoms with Gasteiger partial charge in [0.25, 0.3) is 5.91 Å². The van der Waals surface area contributed by atoms with E-state index in [-0.39, 0.29) is 11.9 Å². The largest absolute Gasteiger partial charge is 0.330 e. The van der Waals surface area contributed by atoms with Gasteiger partial charge in [-0.1, -0.05) is 0 Å². The van der Waals surface area contributed by atoms with Gasteiger partial charge in [-0.15, -0.1) is 0 Å². The quantitative estimate of drug-likeness (QED) is 0.840. The number of amides is 1. The van der Waals surface area contributed by atoms with Crippen LogP contribution in [-0.4, -0.2) is 37.7 Å². The number of hydrogen-bond acceptors (Lipinski definition) is 3. The second-order valence-electron chi connectivity index (χ2n) is 4.58. The minimum absolute atomic E-state index is 0.0401. The summed E-state index contributed by atoms with van der Waals surface area (Å²) in [7, 11) is 0. The number of nitrogens with one attached hydrogen (secondary N) is 2. The Morgan fingerprint density at radius 1 is 1.44 bits per heavy atom. The first-order valence-electron chi connectivity index (χ1n) is 6.07. The van der Waals surface area contributed by atoms with Gasteiger partial charge in [0.05, 0.1) is 23.5 Å². The Kier molecular flexibility index (Phi) is 2.62. The van der Waals surface area contributed by atoms with Crippen molar-refractivity contribution in [1.82, 2.24) is 25.3 Å². The molecule has 2 N–H and O–H groups in total. The van der Waals surface area contributed by atoms with Crippen LogP contribution in [0.2, 0.25) is 0 Å². The molecule has 2 aromatic rings. The molecule has 18 heavy (non-hydrogen) atoms. The van der Waals surface area contributed by atoms with Gasteiger partial charge in [-0.2, -0.15) is 10.2 Å². The molecule has 0 unspecified atom stereocenters. The van der Waals surface area contributed by atoms with Crippen LogP contribution in [0.3, 0.4) is 0 Å². The average Bonchev–Trinajstić information content (AvgIpc) is 3.09. The minimum atomic E-state index is 0.0401. The van der Waals surface area contributed by atoms with Gasteiger partial charge in [-0.25, -0.2) is 0 Å². The molecule has 0 spiro atoms. The molecule has 6 heteroatoms. The third kappa shape index (κ3) is 1.70. The van der Waals surface area contributed by atoms with Crippen molar-refractivity contribution < 1.29 is 4.79 Å². The third-order valence-corrected chi connectivity index (χ3v) is 3.46. The fourth-order valence-corrected chi connectivity index (χ4v) is 2.51. The monoisotopic (exact) mass is 245 g/mol. The van der Waals surface area contributed by atoms with Crippen LogP contribution in [0.4, 0.5) is 0 Å². The number of rotatable bonds is 2. The second kappa shape index (κ2) is 4.29. The van der Waals surface area contributed by atoms with E-state index >= 15 is 0 Å². The molecule has 3 heterocycles. The summed E-state index contributed by atoms with van der Waals surface area (Å²) >= 11 is 0. The first-order chi connectivity index (χ1) is 8.77. The number of carbonyl (C=O) groups excluding carboxylic acids is 1. The molecule has 0 aliphatic carbocycles. The summed E-state index contributed by atoms with van der Waals surface area (Å²) in [5.41, 5.74) is 2.47. The van der Waals surface area contributed by atoms with Crippen molar-refractivity contribution in [3.8, 4) is 0 Å². The predicted molar refractivity (Wildman–Crippen MR) is 64.9 cm³/mol. The maximum Gasteiger partial charge on any atom is 0.257 e. The number of aromatic nitrogens is 4. The Hall–Kier alpha value is -2.11. The zero-order valence-corrected chi connectivity index (χ0v) is 10.2. The average molecular weight is 245 g/mol. The SMILES string of the molecule is Cc1[nH]ncc1C(=O)N1CCC[C@@H]1c1ccn[nH]1. The van der Waals surface area contributed by atoms with Crippen LogP contribution < -0.4 is 0 Å². The van der Waals surface area contributed by atoms with E-state index in [0.717, 1.165) is 30.8 Å². The number of H-pyrrole nitrogens is 2. The normalized spacial score (nSPS) is 19.4. The Labute approximate surface area is 104 Å². The van der Waals surface area contributed by atoms with Crippen molar-refractivity contribution in [2.45, 2.75) is 25.8 Å². The molecule has 1 saturated heterocycles. The van der Waals surface area contributed by atoms with Crippen molar-refractivity contribution in [2.75, 3.05) is 6.54 Å². The smallest absolute Gasteiger partial charge is 0.257 e. The van der Waals surface area contributed by atoms with Crippen molar-refractivity contribution in [2.24, 2.45) is 0 Å². The molecule has 0 radical (unpaired) electrons. The van der Waals surface area contributed by atoms with Gasteiger partial charge in [0, 0.05) is 18.4 Å². The van der Waals surface area contributed by atoms with E-state index in [1.54, 1.807) is 12.4 Å². The molecular weight excluding hydrogens is 230 g/mol. The number of aryl methyl sites for hydroxylation is 1. The molecule has 0 aromatic carbocycles. The van der Waals surface area contributed by atoms with Crippen molar-refractivity contribution in [1.29, 1.82) is 0 Å². The molecule has 1 fully saturated rings. The van der Waals surface area contributed by atoms with Crippen LogP contribution in [0, 0.1) is 6.92 Å². The highest BCUT2D eigenvalue weighted by Gasteiger charge is 2.32. The highest BCUT2D eigenvalue weighted by atomic mass is 16.2. The molecule has 3 rings (SSSR count). The highest BCUT2D eigenvalue weighted by Crippen LogP contribution is 2.31. The van der Waals surface area contributed by atoms with Crippen LogP contribution >= 0.6 is 0 Å². The Morgan fingerprint density at radius 3 is 3.00 bits per heavy atom. The lowest BCUT2D eigenvalue weighted by Gasteiger charge is -2.23. The summed E-state index contributed by atoms with van der Waals surface area (Å²) in [6.45, 7) is 2.65. The number of aromatic amines is 2. The first kappa shape index (κ1) is 11.0. The van der Waals surface area contributed by atoms with Gasteiger partial charge in [-0.3, -0.25) is 15.0 Å². The standard InChI is InChI=1S/C12H15N5O/c1-8-9(7-14-15-8)12(18)17-6-2-3-11(17)10-4-5-13-16-10/h4-5,7,11H,2-3,6H2,1H3,(H,13,16)(H,14,15)/t11-/m1/s1. The van der Waals surface area contributed by atoms with Crippen molar-refractivity contribution in [3.63, 3.8) is 0 Å². The molecule has 2 aromatic heterocycles. The molecular formula is C12H15N5O. The van der Waals surface area contributed by atoms with Gasteiger partial charge in [0.2, 0.25) is 0 Å². The molecule has 94 valence electrons. The van der Waals surface area contributed by atoms with Crippen molar-refractivity contribution >= 4 is 5.91 Å². The Bertz CT molecular complexity index is 545. The summed E-state index contributed by atoms with van der Waals surface area (Å²) in [6.07, 6.45) is 5.32. The lowest BCUT2D eigenvalue weighted by Crippen LogP contribution is -2.31. The summed E-state index contributed by atoms with van der Waals surface area (Å²) in [5, 5.41) is 13.6. The van der Waals surface area contributed by atoms with Gasteiger partial charge < -0.3 is 4.90 Å². The van der Waals surface area contributed by atoms with E-state index < -0.39 is 0 Å².